The van der Waals surface area contributed by atoms with Crippen LogP contribution in [-0.4, -0.2) is 41.7 Å². The fourth-order valence-electron chi connectivity index (χ4n) is 3.60. The smallest absolute Gasteiger partial charge is 0.266 e. The molecule has 1 aromatic carbocycles. The Morgan fingerprint density at radius 3 is 2.96 bits per heavy atom. The largest absolute Gasteiger partial charge is 0.454 e. The Balaban J connectivity index is 1.49. The van der Waals surface area contributed by atoms with Gasteiger partial charge < -0.3 is 24.7 Å². The van der Waals surface area contributed by atoms with Crippen molar-refractivity contribution in [3.05, 3.63) is 51.4 Å². The van der Waals surface area contributed by atoms with Gasteiger partial charge in [-0.1, -0.05) is 0 Å². The van der Waals surface area contributed by atoms with Crippen LogP contribution in [0.25, 0.3) is 0 Å². The van der Waals surface area contributed by atoms with E-state index in [-0.39, 0.29) is 24.3 Å². The number of nitrogens with one attached hydrogen (secondary N) is 2. The van der Waals surface area contributed by atoms with Gasteiger partial charge in [-0.15, -0.1) is 0 Å². The van der Waals surface area contributed by atoms with Crippen LogP contribution in [0.2, 0.25) is 0 Å². The SMILES string of the molecule is Cc1[nH]c(=O)c(C#N)cc1C(=O)N1CCCC(Nc2ccc3c(c2)OCO3)C1. The van der Waals surface area contributed by atoms with Gasteiger partial charge in [0.15, 0.2) is 11.5 Å². The molecule has 1 fully saturated rings. The summed E-state index contributed by atoms with van der Waals surface area (Å²) >= 11 is 0. The summed E-state index contributed by atoms with van der Waals surface area (Å²) in [5, 5.41) is 12.5. The molecule has 1 amide bonds. The van der Waals surface area contributed by atoms with Gasteiger partial charge in [0, 0.05) is 36.6 Å². The third-order valence-electron chi connectivity index (χ3n) is 5.04. The first kappa shape index (κ1) is 17.9. The zero-order valence-electron chi connectivity index (χ0n) is 15.4. The molecule has 8 nitrogen and oxygen atoms in total. The van der Waals surface area contributed by atoms with E-state index in [1.165, 1.54) is 6.07 Å². The van der Waals surface area contributed by atoms with E-state index in [9.17, 15) is 9.59 Å². The van der Waals surface area contributed by atoms with Crippen molar-refractivity contribution in [3.63, 3.8) is 0 Å². The number of nitrogens with zero attached hydrogens (tertiary/aromatic N) is 2. The summed E-state index contributed by atoms with van der Waals surface area (Å²) in [6, 6.07) is 9.00. The quantitative estimate of drug-likeness (QED) is 0.843. The van der Waals surface area contributed by atoms with E-state index in [0.29, 0.717) is 30.1 Å². The van der Waals surface area contributed by atoms with Crippen LogP contribution >= 0.6 is 0 Å². The Bertz CT molecular complexity index is 1020. The monoisotopic (exact) mass is 380 g/mol. The summed E-state index contributed by atoms with van der Waals surface area (Å²) in [6.45, 7) is 3.07. The van der Waals surface area contributed by atoms with Crippen molar-refractivity contribution in [3.8, 4) is 17.6 Å². The number of H-pyrrole nitrogens is 1. The maximum atomic E-state index is 13.0. The lowest BCUT2D eigenvalue weighted by Gasteiger charge is -2.34. The second-order valence-corrected chi connectivity index (χ2v) is 6.97. The summed E-state index contributed by atoms with van der Waals surface area (Å²) in [4.78, 5) is 29.1. The second-order valence-electron chi connectivity index (χ2n) is 6.97. The summed E-state index contributed by atoms with van der Waals surface area (Å²) in [5.41, 5.74) is 1.22. The lowest BCUT2D eigenvalue weighted by molar-refractivity contribution is 0.0713. The Kier molecular flexibility index (Phi) is 4.65. The Morgan fingerprint density at radius 1 is 1.32 bits per heavy atom. The van der Waals surface area contributed by atoms with Gasteiger partial charge in [0.1, 0.15) is 11.6 Å². The molecular formula is C20H20N4O4. The number of nitriles is 1. The first-order valence-corrected chi connectivity index (χ1v) is 9.14. The number of hydrogen-bond acceptors (Lipinski definition) is 6. The van der Waals surface area contributed by atoms with E-state index in [1.54, 1.807) is 11.8 Å². The van der Waals surface area contributed by atoms with Crippen LogP contribution in [0.15, 0.2) is 29.1 Å². The number of anilines is 1. The number of benzene rings is 1. The van der Waals surface area contributed by atoms with Crippen molar-refractivity contribution >= 4 is 11.6 Å². The predicted molar refractivity (Wildman–Crippen MR) is 102 cm³/mol. The number of aryl methyl sites for hydroxylation is 1. The van der Waals surface area contributed by atoms with Crippen LogP contribution in [0.3, 0.4) is 0 Å². The number of ether oxygens (including phenoxy) is 2. The number of carbonyl (C=O) groups is 1. The topological polar surface area (TPSA) is 107 Å². The Morgan fingerprint density at radius 2 is 2.14 bits per heavy atom. The highest BCUT2D eigenvalue weighted by molar-refractivity contribution is 5.95. The number of carbonyl (C=O) groups excluding carboxylic acids is 1. The van der Waals surface area contributed by atoms with E-state index in [1.807, 2.05) is 24.3 Å². The van der Waals surface area contributed by atoms with Crippen molar-refractivity contribution < 1.29 is 14.3 Å². The van der Waals surface area contributed by atoms with Gasteiger partial charge in [-0.05, 0) is 38.0 Å². The highest BCUT2D eigenvalue weighted by atomic mass is 16.7. The number of piperidine rings is 1. The number of pyridine rings is 1. The van der Waals surface area contributed by atoms with Gasteiger partial charge in [0.25, 0.3) is 11.5 Å². The van der Waals surface area contributed by atoms with E-state index in [4.69, 9.17) is 14.7 Å². The number of amides is 1. The standard InChI is InChI=1S/C20H20N4O4/c1-12-16(7-13(9-21)19(25)22-12)20(26)24-6-2-3-15(10-24)23-14-4-5-17-18(8-14)28-11-27-17/h4-5,7-8,15,23H,2-3,6,10-11H2,1H3,(H,22,25). The maximum absolute atomic E-state index is 13.0. The number of rotatable bonds is 3. The third kappa shape index (κ3) is 3.39. The molecule has 3 heterocycles. The average Bonchev–Trinajstić information content (AvgIpc) is 3.16. The fraction of sp³-hybridized carbons (Fsp3) is 0.350. The van der Waals surface area contributed by atoms with Crippen LogP contribution in [0.1, 0.15) is 34.5 Å². The Labute approximate surface area is 161 Å². The lowest BCUT2D eigenvalue weighted by Crippen LogP contribution is -2.45. The van der Waals surface area contributed by atoms with Crippen molar-refractivity contribution in [2.45, 2.75) is 25.8 Å². The van der Waals surface area contributed by atoms with Crippen molar-refractivity contribution in [1.29, 1.82) is 5.26 Å². The zero-order valence-corrected chi connectivity index (χ0v) is 15.4. The summed E-state index contributed by atoms with van der Waals surface area (Å²) in [5.74, 6) is 1.26. The molecule has 0 aliphatic carbocycles. The average molecular weight is 380 g/mol. The molecule has 1 atom stereocenters. The highest BCUT2D eigenvalue weighted by Crippen LogP contribution is 2.34. The number of aromatic nitrogens is 1. The van der Waals surface area contributed by atoms with Crippen molar-refractivity contribution in [2.24, 2.45) is 0 Å². The van der Waals surface area contributed by atoms with Gasteiger partial charge in [0.2, 0.25) is 6.79 Å². The molecule has 0 bridgehead atoms. The third-order valence-corrected chi connectivity index (χ3v) is 5.04. The minimum atomic E-state index is -0.474. The molecule has 1 aromatic heterocycles. The molecule has 1 saturated heterocycles. The first-order valence-electron chi connectivity index (χ1n) is 9.14. The molecule has 1 unspecified atom stereocenters. The molecule has 28 heavy (non-hydrogen) atoms. The van der Waals surface area contributed by atoms with Crippen molar-refractivity contribution in [2.75, 3.05) is 25.2 Å². The molecule has 0 radical (unpaired) electrons. The van der Waals surface area contributed by atoms with Gasteiger partial charge >= 0.3 is 0 Å². The van der Waals surface area contributed by atoms with Gasteiger partial charge in [-0.25, -0.2) is 0 Å². The molecule has 2 aromatic rings. The maximum Gasteiger partial charge on any atom is 0.266 e. The normalized spacial score (nSPS) is 17.9. The predicted octanol–water partition coefficient (Wildman–Crippen LogP) is 2.00. The van der Waals surface area contributed by atoms with Crippen LogP contribution in [0, 0.1) is 18.3 Å². The van der Waals surface area contributed by atoms with E-state index < -0.39 is 5.56 Å². The van der Waals surface area contributed by atoms with Crippen LogP contribution in [0.4, 0.5) is 5.69 Å². The summed E-state index contributed by atoms with van der Waals surface area (Å²) in [6.07, 6.45) is 1.80. The number of hydrogen-bond donors (Lipinski definition) is 2. The number of fused-ring (bicyclic) bond motifs is 1. The molecule has 8 heteroatoms. The molecule has 2 aliphatic heterocycles. The van der Waals surface area contributed by atoms with E-state index in [0.717, 1.165) is 24.3 Å². The van der Waals surface area contributed by atoms with Crippen LogP contribution in [0.5, 0.6) is 11.5 Å². The molecule has 4 rings (SSSR count). The molecule has 2 N–H and O–H groups in total. The van der Waals surface area contributed by atoms with E-state index >= 15 is 0 Å². The Hall–Kier alpha value is -3.47. The van der Waals surface area contributed by atoms with E-state index in [2.05, 4.69) is 10.3 Å². The van der Waals surface area contributed by atoms with Gasteiger partial charge in [-0.2, -0.15) is 5.26 Å². The van der Waals surface area contributed by atoms with Crippen molar-refractivity contribution in [1.82, 2.24) is 9.88 Å². The minimum absolute atomic E-state index is 0.0546. The lowest BCUT2D eigenvalue weighted by atomic mass is 10.0. The number of aromatic amines is 1. The highest BCUT2D eigenvalue weighted by Gasteiger charge is 2.26. The molecule has 0 spiro atoms. The minimum Gasteiger partial charge on any atom is -0.454 e. The first-order chi connectivity index (χ1) is 13.5. The summed E-state index contributed by atoms with van der Waals surface area (Å²) in [7, 11) is 0. The fourth-order valence-corrected chi connectivity index (χ4v) is 3.60. The van der Waals surface area contributed by atoms with Gasteiger partial charge in [0.05, 0.1) is 5.56 Å². The molecular weight excluding hydrogens is 360 g/mol. The molecule has 144 valence electrons. The van der Waals surface area contributed by atoms with Gasteiger partial charge in [-0.3, -0.25) is 9.59 Å². The molecule has 2 aliphatic rings. The van der Waals surface area contributed by atoms with Crippen LogP contribution in [-0.2, 0) is 0 Å². The summed E-state index contributed by atoms with van der Waals surface area (Å²) < 4.78 is 10.7. The number of likely N-dealkylation sites (tertiary alicyclic amines) is 1. The molecule has 0 saturated carbocycles. The second kappa shape index (κ2) is 7.27. The van der Waals surface area contributed by atoms with Crippen LogP contribution < -0.4 is 20.3 Å². The zero-order chi connectivity index (χ0) is 19.7.